The van der Waals surface area contributed by atoms with Crippen molar-refractivity contribution in [2.24, 2.45) is 0 Å². The lowest BCUT2D eigenvalue weighted by atomic mass is 9.83. The SMILES string of the molecule is CC([B]OOO)COOOO. The maximum Gasteiger partial charge on any atom is 0.354 e. The van der Waals surface area contributed by atoms with Crippen molar-refractivity contribution in [1.29, 1.82) is 0 Å². The second-order valence-electron chi connectivity index (χ2n) is 1.71. The van der Waals surface area contributed by atoms with E-state index in [1.54, 1.807) is 6.92 Å². The molecule has 0 aromatic rings. The van der Waals surface area contributed by atoms with Crippen molar-refractivity contribution in [2.45, 2.75) is 12.7 Å². The molecular formula is C3H8BO7. The van der Waals surface area contributed by atoms with E-state index in [0.717, 1.165) is 7.48 Å². The van der Waals surface area contributed by atoms with Crippen LogP contribution in [0, 0.1) is 0 Å². The second-order valence-corrected chi connectivity index (χ2v) is 1.71. The normalized spacial score (nSPS) is 13.0. The van der Waals surface area contributed by atoms with Crippen molar-refractivity contribution in [3.05, 3.63) is 0 Å². The van der Waals surface area contributed by atoms with Gasteiger partial charge in [-0.15, -0.1) is 0 Å². The van der Waals surface area contributed by atoms with Gasteiger partial charge in [-0.2, -0.15) is 0 Å². The van der Waals surface area contributed by atoms with Crippen molar-refractivity contribution >= 4 is 7.48 Å². The van der Waals surface area contributed by atoms with Gasteiger partial charge >= 0.3 is 7.48 Å². The molecule has 0 saturated carbocycles. The fraction of sp³-hybridized carbons (Fsp3) is 1.00. The van der Waals surface area contributed by atoms with Crippen LogP contribution >= 0.6 is 0 Å². The quantitative estimate of drug-likeness (QED) is 0.242. The summed E-state index contributed by atoms with van der Waals surface area (Å²) in [4.78, 5) is 8.24. The first-order chi connectivity index (χ1) is 5.31. The molecule has 0 spiro atoms. The minimum absolute atomic E-state index is 0.0733. The third kappa shape index (κ3) is 7.68. The summed E-state index contributed by atoms with van der Waals surface area (Å²) in [5.41, 5.74) is 0. The molecule has 0 aliphatic rings. The molecule has 1 atom stereocenters. The Kier molecular flexibility index (Phi) is 7.73. The van der Waals surface area contributed by atoms with E-state index in [1.807, 2.05) is 0 Å². The standard InChI is InChI=1S/C3H8BO7/c1-3(4-8-9-5)2-7-11-10-6/h3,5-6H,2H2,1H3. The van der Waals surface area contributed by atoms with Gasteiger partial charge in [0.15, 0.2) is 0 Å². The van der Waals surface area contributed by atoms with Crippen molar-refractivity contribution in [3.63, 3.8) is 0 Å². The van der Waals surface area contributed by atoms with E-state index >= 15 is 0 Å². The molecule has 1 radical (unpaired) electrons. The van der Waals surface area contributed by atoms with Gasteiger partial charge in [-0.25, -0.2) is 15.4 Å². The Hall–Kier alpha value is -0.215. The molecule has 8 heteroatoms. The van der Waals surface area contributed by atoms with Crippen LogP contribution in [0.1, 0.15) is 6.92 Å². The number of hydrogen-bond acceptors (Lipinski definition) is 7. The van der Waals surface area contributed by atoms with Gasteiger partial charge in [-0.3, -0.25) is 4.81 Å². The van der Waals surface area contributed by atoms with Crippen LogP contribution in [0.15, 0.2) is 0 Å². The van der Waals surface area contributed by atoms with E-state index in [0.29, 0.717) is 0 Å². The molecule has 0 saturated heterocycles. The van der Waals surface area contributed by atoms with E-state index < -0.39 is 0 Å². The molecule has 0 amide bonds. The fourth-order valence-corrected chi connectivity index (χ4v) is 0.316. The highest BCUT2D eigenvalue weighted by atomic mass is 17.6. The monoisotopic (exact) mass is 167 g/mol. The summed E-state index contributed by atoms with van der Waals surface area (Å²) in [5.74, 6) is -0.197. The van der Waals surface area contributed by atoms with Gasteiger partial charge in [0.2, 0.25) is 0 Å². The molecule has 1 unspecified atom stereocenters. The third-order valence-electron chi connectivity index (χ3n) is 0.740. The Morgan fingerprint density at radius 1 is 1.36 bits per heavy atom. The van der Waals surface area contributed by atoms with Gasteiger partial charge < -0.3 is 0 Å². The van der Waals surface area contributed by atoms with E-state index in [4.69, 9.17) is 10.5 Å². The first-order valence-electron chi connectivity index (χ1n) is 2.71. The molecule has 0 aliphatic heterocycles. The van der Waals surface area contributed by atoms with Crippen LogP contribution in [0.5, 0.6) is 0 Å². The Balaban J connectivity index is 3.02. The Bertz CT molecular complexity index is 80.1. The summed E-state index contributed by atoms with van der Waals surface area (Å²) in [5, 5.41) is 25.4. The van der Waals surface area contributed by atoms with Gasteiger partial charge in [0.25, 0.3) is 0 Å². The first kappa shape index (κ1) is 10.8. The highest BCUT2D eigenvalue weighted by Gasteiger charge is 2.07. The van der Waals surface area contributed by atoms with Crippen molar-refractivity contribution in [3.8, 4) is 0 Å². The van der Waals surface area contributed by atoms with Crippen LogP contribution in [-0.2, 0) is 24.8 Å². The van der Waals surface area contributed by atoms with Crippen molar-refractivity contribution in [1.82, 2.24) is 0 Å². The summed E-state index contributed by atoms with van der Waals surface area (Å²) in [6, 6.07) is 0. The lowest BCUT2D eigenvalue weighted by Crippen LogP contribution is -2.11. The zero-order valence-electron chi connectivity index (χ0n) is 5.80. The van der Waals surface area contributed by atoms with Gasteiger partial charge in [-0.05, 0) is 15.9 Å². The first-order valence-corrected chi connectivity index (χ1v) is 2.71. The Morgan fingerprint density at radius 3 is 2.64 bits per heavy atom. The largest absolute Gasteiger partial charge is 0.354 e. The predicted octanol–water partition coefficient (Wildman–Crippen LogP) is 0.188. The van der Waals surface area contributed by atoms with Gasteiger partial charge in [0.1, 0.15) is 0 Å². The molecule has 0 bridgehead atoms. The average Bonchev–Trinajstić information content (AvgIpc) is 2.01. The molecule has 65 valence electrons. The van der Waals surface area contributed by atoms with E-state index in [1.165, 1.54) is 0 Å². The van der Waals surface area contributed by atoms with Crippen molar-refractivity contribution in [2.75, 3.05) is 6.61 Å². The van der Waals surface area contributed by atoms with Crippen LogP contribution in [0.4, 0.5) is 0 Å². The maximum absolute atomic E-state index is 7.70. The molecule has 11 heavy (non-hydrogen) atoms. The predicted molar refractivity (Wildman–Crippen MR) is 30.7 cm³/mol. The smallest absolute Gasteiger partial charge is 0.281 e. The topological polar surface area (TPSA) is 86.6 Å². The van der Waals surface area contributed by atoms with E-state index in [9.17, 15) is 0 Å². The van der Waals surface area contributed by atoms with Gasteiger partial charge in [-0.1, -0.05) is 12.0 Å². The zero-order valence-corrected chi connectivity index (χ0v) is 5.80. The lowest BCUT2D eigenvalue weighted by Gasteiger charge is -2.04. The molecule has 0 aromatic carbocycles. The maximum atomic E-state index is 7.70. The summed E-state index contributed by atoms with van der Waals surface area (Å²) < 4.78 is 0. The number of hydrogen-bond donors (Lipinski definition) is 2. The fourth-order valence-electron chi connectivity index (χ4n) is 0.316. The highest BCUT2D eigenvalue weighted by molar-refractivity contribution is 6.29. The summed E-state index contributed by atoms with van der Waals surface area (Å²) in [6.07, 6.45) is 0. The van der Waals surface area contributed by atoms with Gasteiger partial charge in [0.05, 0.1) is 6.61 Å². The van der Waals surface area contributed by atoms with Crippen LogP contribution in [0.25, 0.3) is 0 Å². The van der Waals surface area contributed by atoms with Crippen LogP contribution in [0.2, 0.25) is 5.82 Å². The van der Waals surface area contributed by atoms with E-state index in [2.05, 4.69) is 24.8 Å². The molecular weight excluding hydrogens is 159 g/mol. The molecule has 2 N–H and O–H groups in total. The average molecular weight is 167 g/mol. The molecule has 0 heterocycles. The summed E-state index contributed by atoms with van der Waals surface area (Å²) in [7, 11) is 1.15. The van der Waals surface area contributed by atoms with Crippen LogP contribution < -0.4 is 0 Å². The highest BCUT2D eigenvalue weighted by Crippen LogP contribution is 2.01. The third-order valence-corrected chi connectivity index (χ3v) is 0.740. The number of rotatable bonds is 7. The van der Waals surface area contributed by atoms with Gasteiger partial charge in [0, 0.05) is 0 Å². The molecule has 7 nitrogen and oxygen atoms in total. The molecule has 0 aromatic heterocycles. The van der Waals surface area contributed by atoms with Crippen LogP contribution in [0.3, 0.4) is 0 Å². The molecule has 0 rings (SSSR count). The Morgan fingerprint density at radius 2 is 2.09 bits per heavy atom. The summed E-state index contributed by atoms with van der Waals surface area (Å²) in [6.45, 7) is 1.75. The van der Waals surface area contributed by atoms with E-state index in [-0.39, 0.29) is 12.4 Å². The summed E-state index contributed by atoms with van der Waals surface area (Å²) >= 11 is 0. The minimum Gasteiger partial charge on any atom is -0.281 e. The van der Waals surface area contributed by atoms with Crippen LogP contribution in [-0.4, -0.2) is 24.6 Å². The lowest BCUT2D eigenvalue weighted by molar-refractivity contribution is -0.623. The second kappa shape index (κ2) is 7.89. The zero-order chi connectivity index (χ0) is 8.53. The minimum atomic E-state index is -0.197. The van der Waals surface area contributed by atoms with Crippen molar-refractivity contribution < 1.29 is 35.3 Å². The molecule has 0 aliphatic carbocycles. The Labute approximate surface area is 63.3 Å². The molecule has 0 fully saturated rings.